The summed E-state index contributed by atoms with van der Waals surface area (Å²) in [6.07, 6.45) is 0. The molecule has 0 aliphatic carbocycles. The van der Waals surface area contributed by atoms with Gasteiger partial charge in [0.05, 0.1) is 13.1 Å². The third kappa shape index (κ3) is 94.1. The van der Waals surface area contributed by atoms with E-state index in [1.807, 2.05) is 0 Å². The van der Waals surface area contributed by atoms with E-state index in [4.69, 9.17) is 19.2 Å². The third-order valence-electron chi connectivity index (χ3n) is 0.577. The van der Waals surface area contributed by atoms with E-state index in [1.54, 1.807) is 0 Å². The summed E-state index contributed by atoms with van der Waals surface area (Å²) in [6, 6.07) is 0. The molecule has 2 N–H and O–H groups in total. The van der Waals surface area contributed by atoms with E-state index < -0.39 is 7.82 Å². The van der Waals surface area contributed by atoms with Crippen molar-refractivity contribution < 1.29 is 24.6 Å². The molecule has 0 saturated carbocycles. The Morgan fingerprint density at radius 2 is 1.40 bits per heavy atom. The van der Waals surface area contributed by atoms with Crippen molar-refractivity contribution in [1.82, 2.24) is 0 Å². The molecule has 0 rings (SSSR count). The highest BCUT2D eigenvalue weighted by Gasteiger charge is 1.67. The molecule has 10 heavy (non-hydrogen) atoms. The Morgan fingerprint density at radius 1 is 1.20 bits per heavy atom. The summed E-state index contributed by atoms with van der Waals surface area (Å²) in [5.41, 5.74) is 0. The normalized spacial score (nSPS) is 10.1. The summed E-state index contributed by atoms with van der Waals surface area (Å²) in [4.78, 5) is 25.6. The third-order valence-corrected chi connectivity index (χ3v) is 0.577. The number of quaternary nitrogens is 1. The molecule has 0 aromatic rings. The second-order valence-corrected chi connectivity index (χ2v) is 2.45. The fourth-order valence-corrected chi connectivity index (χ4v) is 0.289. The zero-order valence-electron chi connectivity index (χ0n) is 6.07. The van der Waals surface area contributed by atoms with Crippen LogP contribution in [0.15, 0.2) is 0 Å². The Labute approximate surface area is 60.3 Å². The van der Waals surface area contributed by atoms with Crippen LogP contribution in [0.2, 0.25) is 0 Å². The monoisotopic (exact) mass is 169 g/mol. The quantitative estimate of drug-likeness (QED) is 0.439. The van der Waals surface area contributed by atoms with Crippen LogP contribution in [0.1, 0.15) is 13.8 Å². The second kappa shape index (κ2) is 7.18. The molecule has 0 saturated heterocycles. The van der Waals surface area contributed by atoms with Gasteiger partial charge in [-0.05, 0) is 13.8 Å². The fourth-order valence-electron chi connectivity index (χ4n) is 0.289. The van der Waals surface area contributed by atoms with E-state index in [1.165, 1.54) is 13.1 Å². The lowest BCUT2D eigenvalue weighted by atomic mass is 10.7. The van der Waals surface area contributed by atoms with E-state index >= 15 is 0 Å². The molecule has 5 nitrogen and oxygen atoms in total. The van der Waals surface area contributed by atoms with Crippen LogP contribution in [-0.2, 0) is 4.57 Å². The number of hydrogen-bond acceptors (Lipinski definition) is 4. The molecule has 0 radical (unpaired) electrons. The molecule has 0 aliphatic heterocycles. The molecular weight excluding hydrogens is 157 g/mol. The first kappa shape index (κ1) is 12.7. The van der Waals surface area contributed by atoms with Gasteiger partial charge < -0.3 is 24.6 Å². The van der Waals surface area contributed by atoms with Gasteiger partial charge in [-0.3, -0.25) is 0 Å². The number of hydrogen-bond donors (Lipinski definition) is 1. The smallest absolute Gasteiger partial charge is 0.0726 e. The van der Waals surface area contributed by atoms with E-state index in [2.05, 4.69) is 19.2 Å². The zero-order chi connectivity index (χ0) is 8.62. The van der Waals surface area contributed by atoms with E-state index in [-0.39, 0.29) is 0 Å². The number of rotatable bonds is 2. The van der Waals surface area contributed by atoms with Crippen LogP contribution < -0.4 is 20.0 Å². The second-order valence-electron chi connectivity index (χ2n) is 1.55. The average molecular weight is 169 g/mol. The van der Waals surface area contributed by atoms with E-state index in [9.17, 15) is 0 Å². The number of nitrogens with two attached hydrogens (primary N) is 1. The summed E-state index contributed by atoms with van der Waals surface area (Å²) in [5.74, 6) is 0. The molecule has 6 heteroatoms. The molecule has 0 heterocycles. The van der Waals surface area contributed by atoms with Gasteiger partial charge in [0.2, 0.25) is 0 Å². The molecule has 0 aliphatic rings. The van der Waals surface area contributed by atoms with Gasteiger partial charge >= 0.3 is 0 Å². The Kier molecular flexibility index (Phi) is 9.13. The minimum Gasteiger partial charge on any atom is -0.822 e. The SMILES string of the molecule is CC[NH2+]CC.O=P([O-])([O-])[O-]. The molecule has 0 fully saturated rings. The van der Waals surface area contributed by atoms with Gasteiger partial charge in [0.1, 0.15) is 0 Å². The van der Waals surface area contributed by atoms with Crippen LogP contribution in [0.25, 0.3) is 0 Å². The zero-order valence-corrected chi connectivity index (χ0v) is 6.97. The molecule has 0 atom stereocenters. The lowest BCUT2D eigenvalue weighted by molar-refractivity contribution is -0.648. The van der Waals surface area contributed by atoms with Crippen molar-refractivity contribution in [3.8, 4) is 0 Å². The highest BCUT2D eigenvalue weighted by Crippen LogP contribution is 2.03. The summed E-state index contributed by atoms with van der Waals surface area (Å²) in [7, 11) is -5.39. The van der Waals surface area contributed by atoms with Crippen molar-refractivity contribution in [3.63, 3.8) is 0 Å². The predicted molar refractivity (Wildman–Crippen MR) is 30.6 cm³/mol. The first-order valence-electron chi connectivity index (χ1n) is 2.96. The molecular formula is C4H12NO4P-2. The van der Waals surface area contributed by atoms with Gasteiger partial charge in [-0.1, -0.05) is 0 Å². The maximum absolute atomic E-state index is 8.55. The first-order chi connectivity index (χ1) is 4.41. The molecule has 0 aromatic heterocycles. The lowest BCUT2D eigenvalue weighted by Crippen LogP contribution is -2.82. The predicted octanol–water partition coefficient (Wildman–Crippen LogP) is -3.23. The van der Waals surface area contributed by atoms with Crippen molar-refractivity contribution in [2.24, 2.45) is 0 Å². The van der Waals surface area contributed by atoms with Crippen LogP contribution in [0.5, 0.6) is 0 Å². The first-order valence-corrected chi connectivity index (χ1v) is 4.42. The van der Waals surface area contributed by atoms with Gasteiger partial charge in [-0.25, -0.2) is 0 Å². The van der Waals surface area contributed by atoms with Gasteiger partial charge in [-0.15, -0.1) is 0 Å². The van der Waals surface area contributed by atoms with Crippen molar-refractivity contribution in [3.05, 3.63) is 0 Å². The van der Waals surface area contributed by atoms with E-state index in [0.29, 0.717) is 0 Å². The van der Waals surface area contributed by atoms with Crippen molar-refractivity contribution >= 4 is 7.82 Å². The lowest BCUT2D eigenvalue weighted by Gasteiger charge is -2.36. The Bertz CT molecular complexity index is 91.2. The van der Waals surface area contributed by atoms with Crippen molar-refractivity contribution in [2.75, 3.05) is 13.1 Å². The summed E-state index contributed by atoms with van der Waals surface area (Å²) in [5, 5.41) is 2.25. The molecule has 0 amide bonds. The minimum absolute atomic E-state index is 1.22. The average Bonchev–Trinajstić information content (AvgIpc) is 1.63. The van der Waals surface area contributed by atoms with Gasteiger partial charge in [0.25, 0.3) is 0 Å². The van der Waals surface area contributed by atoms with Crippen LogP contribution in [0.3, 0.4) is 0 Å². The van der Waals surface area contributed by atoms with Crippen LogP contribution in [0.4, 0.5) is 0 Å². The highest BCUT2D eigenvalue weighted by molar-refractivity contribution is 7.40. The fraction of sp³-hybridized carbons (Fsp3) is 1.00. The molecule has 0 bridgehead atoms. The molecule has 0 aromatic carbocycles. The summed E-state index contributed by atoms with van der Waals surface area (Å²) < 4.78 is 8.55. The molecule has 0 unspecified atom stereocenters. The Balaban J connectivity index is 0. The maximum atomic E-state index is 8.55. The van der Waals surface area contributed by atoms with Crippen LogP contribution >= 0.6 is 7.82 Å². The van der Waals surface area contributed by atoms with Gasteiger partial charge in [0.15, 0.2) is 0 Å². The topological polar surface area (TPSA) is 103 Å². The molecule has 0 spiro atoms. The van der Waals surface area contributed by atoms with Gasteiger partial charge in [0, 0.05) is 0 Å². The Hall–Kier alpha value is 0.0700. The Morgan fingerprint density at radius 3 is 1.40 bits per heavy atom. The van der Waals surface area contributed by atoms with E-state index in [0.717, 1.165) is 0 Å². The van der Waals surface area contributed by atoms with Crippen LogP contribution in [-0.4, -0.2) is 13.1 Å². The molecule has 64 valence electrons. The maximum Gasteiger partial charge on any atom is 0.0726 e. The van der Waals surface area contributed by atoms with Crippen molar-refractivity contribution in [2.45, 2.75) is 13.8 Å². The van der Waals surface area contributed by atoms with Gasteiger partial charge in [-0.2, -0.15) is 7.82 Å². The number of phosphoric acid groups is 1. The largest absolute Gasteiger partial charge is 0.822 e. The van der Waals surface area contributed by atoms with Crippen molar-refractivity contribution in [1.29, 1.82) is 0 Å². The standard InChI is InChI=1S/C4H11N.H3O4P/c1-3-5-4-2;1-5(2,3)4/h5H,3-4H2,1-2H3;(H3,1,2,3,4)/p-2. The summed E-state index contributed by atoms with van der Waals surface area (Å²) in [6.45, 7) is 6.75. The highest BCUT2D eigenvalue weighted by atomic mass is 31.2. The van der Waals surface area contributed by atoms with Crippen LogP contribution in [0, 0.1) is 0 Å². The summed E-state index contributed by atoms with van der Waals surface area (Å²) >= 11 is 0. The minimum atomic E-state index is -5.39.